The molecule has 0 spiro atoms. The summed E-state index contributed by atoms with van der Waals surface area (Å²) in [6.45, 7) is 0.994. The summed E-state index contributed by atoms with van der Waals surface area (Å²) in [4.78, 5) is 45.0. The first-order valence-electron chi connectivity index (χ1n) is 13.8. The van der Waals surface area contributed by atoms with E-state index in [0.29, 0.717) is 46.2 Å². The van der Waals surface area contributed by atoms with Crippen molar-refractivity contribution in [1.29, 1.82) is 0 Å². The van der Waals surface area contributed by atoms with E-state index in [4.69, 9.17) is 9.47 Å². The van der Waals surface area contributed by atoms with Crippen molar-refractivity contribution in [2.45, 2.75) is 31.7 Å². The molecule has 10 nitrogen and oxygen atoms in total. The number of carbonyl (C=O) groups excluding carboxylic acids is 3. The topological polar surface area (TPSA) is 114 Å². The lowest BCUT2D eigenvalue weighted by Crippen LogP contribution is -2.35. The maximum Gasteiger partial charge on any atom is 0.272 e. The van der Waals surface area contributed by atoms with Crippen molar-refractivity contribution in [1.82, 2.24) is 9.47 Å². The number of aryl methyl sites for hydroxylation is 1. The highest BCUT2D eigenvalue weighted by molar-refractivity contribution is 7.17. The second-order valence-electron chi connectivity index (χ2n) is 10.4. The summed E-state index contributed by atoms with van der Waals surface area (Å²) >= 11 is 1.65. The highest BCUT2D eigenvalue weighted by Gasteiger charge is 2.32. The number of methoxy groups -OCH3 is 1. The monoisotopic (exact) mass is 585 g/mol. The van der Waals surface area contributed by atoms with Crippen LogP contribution in [0.5, 0.6) is 11.5 Å². The Kier molecular flexibility index (Phi) is 7.66. The zero-order valence-electron chi connectivity index (χ0n) is 23.4. The average molecular weight is 586 g/mol. The zero-order chi connectivity index (χ0) is 29.2. The quantitative estimate of drug-likeness (QED) is 0.248. The van der Waals surface area contributed by atoms with E-state index in [9.17, 15) is 14.4 Å². The van der Waals surface area contributed by atoms with Crippen LogP contribution in [0.2, 0.25) is 0 Å². The van der Waals surface area contributed by atoms with Gasteiger partial charge in [0.25, 0.3) is 11.8 Å². The number of fused-ring (bicyclic) bond motifs is 3. The van der Waals surface area contributed by atoms with E-state index in [1.165, 1.54) is 7.11 Å². The van der Waals surface area contributed by atoms with Gasteiger partial charge >= 0.3 is 0 Å². The normalized spacial score (nSPS) is 15.7. The van der Waals surface area contributed by atoms with Gasteiger partial charge in [-0.15, -0.1) is 11.3 Å². The first-order valence-corrected chi connectivity index (χ1v) is 14.7. The molecular weight excluding hydrogens is 554 g/mol. The van der Waals surface area contributed by atoms with Crippen LogP contribution in [0.4, 0.5) is 17.1 Å². The molecule has 6 rings (SSSR count). The van der Waals surface area contributed by atoms with Gasteiger partial charge in [0.1, 0.15) is 5.69 Å². The van der Waals surface area contributed by atoms with E-state index in [1.54, 1.807) is 47.3 Å². The Bertz CT molecular complexity index is 1710. The Labute approximate surface area is 246 Å². The highest BCUT2D eigenvalue weighted by Crippen LogP contribution is 2.38. The van der Waals surface area contributed by atoms with Crippen LogP contribution >= 0.6 is 11.3 Å². The van der Waals surface area contributed by atoms with Crippen LogP contribution in [0.3, 0.4) is 0 Å². The number of rotatable bonds is 9. The fraction of sp³-hybridized carbons (Fsp3) is 0.290. The van der Waals surface area contributed by atoms with Crippen LogP contribution in [-0.2, 0) is 11.8 Å². The number of hydrogen-bond donors (Lipinski definition) is 2. The molecule has 216 valence electrons. The van der Waals surface area contributed by atoms with Crippen molar-refractivity contribution in [3.05, 3.63) is 65.3 Å². The van der Waals surface area contributed by atoms with Crippen molar-refractivity contribution in [2.24, 2.45) is 12.0 Å². The molecule has 3 amide bonds. The maximum atomic E-state index is 13.0. The Morgan fingerprint density at radius 1 is 1.10 bits per heavy atom. The number of anilines is 2. The predicted molar refractivity (Wildman–Crippen MR) is 164 cm³/mol. The standard InChI is InChI=1S/C31H31N5O5S/c1-35-18-21(14-25(35)30(38)34-20-7-8-28-19(13-20)9-12-42-28)33-29(37)6-4-11-41-27-16-24-23(15-26(27)40-2)31(39)36-10-3-5-22(36)17-32-24/h7-9,12-18,22H,3-6,10-11H2,1-2H3,(H,33,37)(H,34,38)/t22-/m0/s1. The number of carbonyl (C=O) groups is 3. The van der Waals surface area contributed by atoms with Gasteiger partial charge in [-0.25, -0.2) is 0 Å². The highest BCUT2D eigenvalue weighted by atomic mass is 32.1. The molecule has 2 aromatic heterocycles. The Morgan fingerprint density at radius 3 is 2.83 bits per heavy atom. The predicted octanol–water partition coefficient (Wildman–Crippen LogP) is 5.62. The SMILES string of the molecule is COc1cc2c(cc1OCCCC(=O)Nc1cc(C(=O)Nc3ccc4sccc4c3)n(C)c1)N=C[C@@H]1CCCN1C2=O. The molecule has 2 N–H and O–H groups in total. The van der Waals surface area contributed by atoms with E-state index < -0.39 is 0 Å². The number of nitrogens with one attached hydrogen (secondary N) is 2. The van der Waals surface area contributed by atoms with Crippen molar-refractivity contribution in [3.8, 4) is 11.5 Å². The minimum absolute atomic E-state index is 0.0233. The van der Waals surface area contributed by atoms with Crippen LogP contribution in [0.25, 0.3) is 10.1 Å². The molecule has 2 aromatic carbocycles. The number of aliphatic imine (C=N–C) groups is 1. The molecule has 1 atom stereocenters. The third-order valence-corrected chi connectivity index (χ3v) is 8.39. The smallest absolute Gasteiger partial charge is 0.272 e. The lowest BCUT2D eigenvalue weighted by Gasteiger charge is -2.20. The summed E-state index contributed by atoms with van der Waals surface area (Å²) in [6.07, 6.45) is 6.10. The van der Waals surface area contributed by atoms with Crippen molar-refractivity contribution >= 4 is 62.4 Å². The molecule has 2 aliphatic heterocycles. The van der Waals surface area contributed by atoms with E-state index in [2.05, 4.69) is 15.6 Å². The summed E-state index contributed by atoms with van der Waals surface area (Å²) in [7, 11) is 3.29. The van der Waals surface area contributed by atoms with E-state index >= 15 is 0 Å². The first-order chi connectivity index (χ1) is 20.4. The van der Waals surface area contributed by atoms with E-state index in [1.807, 2.05) is 40.8 Å². The van der Waals surface area contributed by atoms with Crippen LogP contribution in [0.15, 0.2) is 59.0 Å². The molecular formula is C31H31N5O5S. The van der Waals surface area contributed by atoms with Gasteiger partial charge in [0.15, 0.2) is 11.5 Å². The largest absolute Gasteiger partial charge is 0.493 e. The molecule has 42 heavy (non-hydrogen) atoms. The van der Waals surface area contributed by atoms with Gasteiger partial charge in [-0.3, -0.25) is 19.4 Å². The Morgan fingerprint density at radius 2 is 1.98 bits per heavy atom. The van der Waals surface area contributed by atoms with Crippen molar-refractivity contribution < 1.29 is 23.9 Å². The van der Waals surface area contributed by atoms with Crippen molar-refractivity contribution in [3.63, 3.8) is 0 Å². The third kappa shape index (κ3) is 5.60. The van der Waals surface area contributed by atoms with Crippen molar-refractivity contribution in [2.75, 3.05) is 30.9 Å². The van der Waals surface area contributed by atoms with Gasteiger partial charge in [-0.05, 0) is 66.4 Å². The van der Waals surface area contributed by atoms with Crippen LogP contribution < -0.4 is 20.1 Å². The average Bonchev–Trinajstić information content (AvgIpc) is 3.71. The molecule has 0 unspecified atom stereocenters. The third-order valence-electron chi connectivity index (χ3n) is 7.50. The fourth-order valence-corrected chi connectivity index (χ4v) is 6.13. The number of hydrogen-bond acceptors (Lipinski definition) is 7. The van der Waals surface area contributed by atoms with Gasteiger partial charge in [-0.1, -0.05) is 0 Å². The van der Waals surface area contributed by atoms with E-state index in [0.717, 1.165) is 29.5 Å². The molecule has 0 radical (unpaired) electrons. The second kappa shape index (κ2) is 11.7. The van der Waals surface area contributed by atoms with E-state index in [-0.39, 0.29) is 36.8 Å². The molecule has 11 heteroatoms. The molecule has 0 aliphatic carbocycles. The number of aromatic nitrogens is 1. The molecule has 0 bridgehead atoms. The van der Waals surface area contributed by atoms with Crippen LogP contribution in [0, 0.1) is 0 Å². The Hall–Kier alpha value is -4.64. The first kappa shape index (κ1) is 27.5. The number of benzene rings is 2. The molecule has 0 saturated carbocycles. The van der Waals surface area contributed by atoms with Gasteiger partial charge in [0.05, 0.1) is 36.7 Å². The number of thiophene rings is 1. The van der Waals surface area contributed by atoms with Gasteiger partial charge in [-0.2, -0.15) is 0 Å². The summed E-state index contributed by atoms with van der Waals surface area (Å²) in [5, 5.41) is 8.87. The molecule has 4 aromatic rings. The summed E-state index contributed by atoms with van der Waals surface area (Å²) in [6, 6.07) is 12.9. The van der Waals surface area contributed by atoms with Crippen LogP contribution in [0.1, 0.15) is 46.5 Å². The minimum Gasteiger partial charge on any atom is -0.493 e. The molecule has 2 aliphatic rings. The number of nitrogens with zero attached hydrogens (tertiary/aromatic N) is 3. The maximum absolute atomic E-state index is 13.0. The van der Waals surface area contributed by atoms with Gasteiger partial charge in [0.2, 0.25) is 5.91 Å². The molecule has 1 fully saturated rings. The van der Waals surface area contributed by atoms with Gasteiger partial charge in [0, 0.05) is 48.9 Å². The van der Waals surface area contributed by atoms with Crippen LogP contribution in [-0.4, -0.2) is 59.7 Å². The molecule has 1 saturated heterocycles. The summed E-state index contributed by atoms with van der Waals surface area (Å²) in [5.74, 6) is 0.420. The molecule has 4 heterocycles. The second-order valence-corrected chi connectivity index (χ2v) is 11.3. The minimum atomic E-state index is -0.262. The summed E-state index contributed by atoms with van der Waals surface area (Å²) in [5.41, 5.74) is 2.73. The van der Waals surface area contributed by atoms with Gasteiger partial charge < -0.3 is 29.6 Å². The lowest BCUT2D eigenvalue weighted by molar-refractivity contribution is -0.116. The number of ether oxygens (including phenoxy) is 2. The lowest BCUT2D eigenvalue weighted by atomic mass is 10.1. The zero-order valence-corrected chi connectivity index (χ0v) is 24.2. The summed E-state index contributed by atoms with van der Waals surface area (Å²) < 4.78 is 14.3. The number of amides is 3. The fourth-order valence-electron chi connectivity index (χ4n) is 5.36. The Balaban J connectivity index is 1.02.